The average molecular weight is 801 g/mol. The Kier molecular flexibility index (Phi) is 13.8. The molecule has 0 aromatic rings. The van der Waals surface area contributed by atoms with Gasteiger partial charge in [0.2, 0.25) is 0 Å². The number of fused-ring (bicyclic) bond motifs is 3. The Balaban J connectivity index is 0.00000641. The SMILES string of the molecule is CCOC(=O)[C]1[CH][C](C(=O)OCC)[C]2C=CC(=C(c3cc(C(C)(C)C)c4ccc(C(C)(C)C)ccc3-4)c3cc(C(C)(C)C)c4ccc(C(C)(C)C)ccc3-4)C=C[C]21.[K+]. The number of allylic oxidation sites excluding steroid dienone is 5. The van der Waals surface area contributed by atoms with Gasteiger partial charge in [-0.15, -0.1) is 0 Å². The van der Waals surface area contributed by atoms with Crippen LogP contribution in [0.15, 0.2) is 90.5 Å². The molecule has 5 heteroatoms. The van der Waals surface area contributed by atoms with Gasteiger partial charge in [0.15, 0.2) is 0 Å². The quantitative estimate of drug-likeness (QED) is 0.144. The van der Waals surface area contributed by atoms with Gasteiger partial charge in [-0.1, -0.05) is 156 Å². The van der Waals surface area contributed by atoms with Crippen molar-refractivity contribution in [3.63, 3.8) is 0 Å². The molecule has 0 aromatic heterocycles. The van der Waals surface area contributed by atoms with Crippen LogP contribution in [0, 0.1) is 30.1 Å². The maximum atomic E-state index is 13.4. The van der Waals surface area contributed by atoms with E-state index in [0.717, 1.165) is 22.3 Å². The van der Waals surface area contributed by atoms with Gasteiger partial charge in [0, 0.05) is 18.3 Å². The van der Waals surface area contributed by atoms with Gasteiger partial charge >= 0.3 is 63.3 Å². The van der Waals surface area contributed by atoms with Gasteiger partial charge in [-0.25, -0.2) is 0 Å². The van der Waals surface area contributed by atoms with Crippen molar-refractivity contribution in [3.8, 4) is 22.3 Å². The van der Waals surface area contributed by atoms with Gasteiger partial charge < -0.3 is 9.47 Å². The van der Waals surface area contributed by atoms with E-state index in [1.54, 1.807) is 20.3 Å². The molecule has 0 unspecified atom stereocenters. The van der Waals surface area contributed by atoms with E-state index in [0.29, 0.717) is 23.7 Å². The summed E-state index contributed by atoms with van der Waals surface area (Å²) in [6, 6.07) is 23.2. The first-order valence-corrected chi connectivity index (χ1v) is 20.5. The molecule has 0 aromatic carbocycles. The molecule has 0 N–H and O–H groups in total. The van der Waals surface area contributed by atoms with E-state index in [1.165, 1.54) is 44.5 Å². The summed E-state index contributed by atoms with van der Waals surface area (Å²) in [7, 11) is 0. The Labute approximate surface area is 392 Å². The zero-order valence-corrected chi connectivity index (χ0v) is 40.8. The molecule has 0 saturated heterocycles. The van der Waals surface area contributed by atoms with E-state index >= 15 is 0 Å². The molecule has 0 atom stereocenters. The third-order valence-electron chi connectivity index (χ3n) is 11.2. The van der Waals surface area contributed by atoms with E-state index < -0.39 is 11.9 Å². The van der Waals surface area contributed by atoms with Gasteiger partial charge in [0.25, 0.3) is 0 Å². The van der Waals surface area contributed by atoms with Crippen molar-refractivity contribution in [2.45, 2.75) is 119 Å². The van der Waals surface area contributed by atoms with Crippen LogP contribution in [0.5, 0.6) is 0 Å². The fourth-order valence-corrected chi connectivity index (χ4v) is 8.09. The van der Waals surface area contributed by atoms with Crippen LogP contribution < -0.4 is 51.4 Å². The monoisotopic (exact) mass is 800 g/mol. The number of carbonyl (C=O) groups is 2. The topological polar surface area (TPSA) is 52.6 Å². The molecule has 6 aliphatic rings. The normalized spacial score (nSPS) is 16.1. The Morgan fingerprint density at radius 3 is 1.14 bits per heavy atom. The van der Waals surface area contributed by atoms with Crippen molar-refractivity contribution in [2.24, 2.45) is 0 Å². The molecule has 0 bridgehead atoms. The third kappa shape index (κ3) is 9.25. The number of carbonyl (C=O) groups excluding carboxylic acids is 2. The summed E-state index contributed by atoms with van der Waals surface area (Å²) < 4.78 is 11.0. The van der Waals surface area contributed by atoms with Gasteiger partial charge in [-0.05, 0) is 114 Å². The van der Waals surface area contributed by atoms with Crippen LogP contribution in [0.1, 0.15) is 130 Å². The number of hydrogen-bond acceptors (Lipinski definition) is 4. The fourth-order valence-electron chi connectivity index (χ4n) is 8.09. The Morgan fingerprint density at radius 2 is 0.828 bits per heavy atom. The summed E-state index contributed by atoms with van der Waals surface area (Å²) in [5, 5.41) is 0. The summed E-state index contributed by atoms with van der Waals surface area (Å²) in [6.07, 6.45) is 9.77. The minimum absolute atomic E-state index is 0. The molecule has 58 heavy (non-hydrogen) atoms. The second kappa shape index (κ2) is 17.3. The van der Waals surface area contributed by atoms with E-state index in [9.17, 15) is 9.59 Å². The van der Waals surface area contributed by atoms with Crippen molar-refractivity contribution in [3.05, 3.63) is 154 Å². The minimum Gasteiger partial charge on any atom is -0.466 e. The largest absolute Gasteiger partial charge is 1.00 e. The summed E-state index contributed by atoms with van der Waals surface area (Å²) in [4.78, 5) is 26.8. The Hall–Kier alpha value is -2.80. The standard InChI is InChI=1S/C53H61O4.K/c1-15-56-48(54)43-29-44(49(55)57-16-2)36-24-18-32(17-23-35(36)43)47(41-30-45(52(9,10)11)39-27-21-33(50(3,4)5)19-25-37(39)41)42-31-46(53(12,13)14)40-28-22-34(51(6,7)8)20-26-38(40)42;/h17-31H,15-16H2,1-14H3;/q;+1. The molecular formula is C53H61KO4+. The molecule has 0 amide bonds. The van der Waals surface area contributed by atoms with Gasteiger partial charge in [0.05, 0.1) is 13.2 Å². The summed E-state index contributed by atoms with van der Waals surface area (Å²) in [6.45, 7) is 31.3. The molecule has 1 fully saturated rings. The molecule has 0 heterocycles. The zero-order valence-electron chi connectivity index (χ0n) is 37.7. The smallest absolute Gasteiger partial charge is 0.466 e. The predicted octanol–water partition coefficient (Wildman–Crippen LogP) is 9.66. The summed E-state index contributed by atoms with van der Waals surface area (Å²) >= 11 is 0. The van der Waals surface area contributed by atoms with Crippen LogP contribution in [0.25, 0.3) is 27.8 Å². The van der Waals surface area contributed by atoms with Crippen LogP contribution >= 0.6 is 0 Å². The molecule has 297 valence electrons. The first-order chi connectivity index (χ1) is 26.6. The molecule has 0 aliphatic heterocycles. The maximum absolute atomic E-state index is 13.4. The van der Waals surface area contributed by atoms with Crippen LogP contribution in [-0.2, 0) is 40.7 Å². The molecule has 1 saturated carbocycles. The predicted molar refractivity (Wildman–Crippen MR) is 236 cm³/mol. The van der Waals surface area contributed by atoms with E-state index in [4.69, 9.17) is 9.47 Å². The van der Waals surface area contributed by atoms with Crippen LogP contribution in [0.4, 0.5) is 0 Å². The molecular weight excluding hydrogens is 740 g/mol. The number of rotatable bonds is 6. The zero-order chi connectivity index (χ0) is 41.8. The molecule has 0 spiro atoms. The first-order valence-electron chi connectivity index (χ1n) is 20.5. The number of esters is 2. The Bertz CT molecular complexity index is 2040. The number of hydrogen-bond donors (Lipinski definition) is 0. The minimum atomic E-state index is -0.465. The molecule has 6 rings (SSSR count). The van der Waals surface area contributed by atoms with Crippen molar-refractivity contribution in [2.75, 3.05) is 13.2 Å². The summed E-state index contributed by atoms with van der Waals surface area (Å²) in [5.74, 6) is 1.07. The fraction of sp³-hybridized carbons (Fsp3) is 0.377. The second-order valence-electron chi connectivity index (χ2n) is 19.6. The van der Waals surface area contributed by atoms with Gasteiger partial charge in [-0.2, -0.15) is 0 Å². The van der Waals surface area contributed by atoms with Crippen molar-refractivity contribution in [1.82, 2.24) is 0 Å². The van der Waals surface area contributed by atoms with Crippen LogP contribution in [0.3, 0.4) is 0 Å². The van der Waals surface area contributed by atoms with Gasteiger partial charge in [-0.3, -0.25) is 9.59 Å². The molecule has 4 nitrogen and oxygen atoms in total. The van der Waals surface area contributed by atoms with E-state index in [2.05, 4.69) is 156 Å². The van der Waals surface area contributed by atoms with E-state index in [-0.39, 0.29) is 86.3 Å². The van der Waals surface area contributed by atoms with Crippen molar-refractivity contribution >= 4 is 17.5 Å². The van der Waals surface area contributed by atoms with E-state index in [1.807, 2.05) is 12.2 Å². The van der Waals surface area contributed by atoms with Crippen molar-refractivity contribution < 1.29 is 70.4 Å². The Morgan fingerprint density at radius 1 is 0.483 bits per heavy atom. The summed E-state index contributed by atoms with van der Waals surface area (Å²) in [5.41, 5.74) is 13.9. The second-order valence-corrected chi connectivity index (χ2v) is 19.6. The average Bonchev–Trinajstić information content (AvgIpc) is 3.55. The van der Waals surface area contributed by atoms with Crippen LogP contribution in [-0.4, -0.2) is 25.2 Å². The van der Waals surface area contributed by atoms with Crippen molar-refractivity contribution in [1.29, 1.82) is 0 Å². The molecule has 5 radical (unpaired) electrons. The maximum Gasteiger partial charge on any atom is 1.00 e. The molecule has 6 aliphatic carbocycles. The number of ether oxygens (including phenoxy) is 2. The van der Waals surface area contributed by atoms with Crippen LogP contribution in [0.2, 0.25) is 0 Å². The first kappa shape index (κ1) is 46.3. The third-order valence-corrected chi connectivity index (χ3v) is 11.2. The van der Waals surface area contributed by atoms with Gasteiger partial charge in [0.1, 0.15) is 11.8 Å².